The molecule has 0 aliphatic heterocycles. The maximum Gasteiger partial charge on any atom is 0.127 e. The van der Waals surface area contributed by atoms with Crippen LogP contribution in [0, 0.1) is 5.82 Å². The quantitative estimate of drug-likeness (QED) is 0.615. The molecule has 1 aromatic carbocycles. The average molecular weight is 336 g/mol. The topological polar surface area (TPSA) is 64.7 Å². The van der Waals surface area contributed by atoms with Crippen molar-refractivity contribution in [1.82, 2.24) is 15.0 Å². The zero-order chi connectivity index (χ0) is 16.5. The second-order valence-corrected chi connectivity index (χ2v) is 6.19. The highest BCUT2D eigenvalue weighted by atomic mass is 32.1. The molecule has 118 valence electrons. The number of nitrogens with two attached hydrogens (primary N) is 1. The van der Waals surface area contributed by atoms with E-state index in [1.165, 1.54) is 29.8 Å². The molecule has 3 aromatic heterocycles. The normalized spacial score (nSPS) is 12.4. The Kier molecular flexibility index (Phi) is 3.76. The highest BCUT2D eigenvalue weighted by Gasteiger charge is 2.19. The number of hydrogen-bond acceptors (Lipinski definition) is 5. The first-order chi connectivity index (χ1) is 11.7. The van der Waals surface area contributed by atoms with E-state index in [0.717, 1.165) is 32.7 Å². The van der Waals surface area contributed by atoms with Crippen LogP contribution in [0.1, 0.15) is 17.4 Å². The van der Waals surface area contributed by atoms with E-state index in [2.05, 4.69) is 15.0 Å². The summed E-state index contributed by atoms with van der Waals surface area (Å²) in [6, 6.07) is 11.6. The summed E-state index contributed by atoms with van der Waals surface area (Å²) < 4.78 is 13.2. The van der Waals surface area contributed by atoms with Crippen LogP contribution in [0.5, 0.6) is 0 Å². The molecule has 0 aliphatic carbocycles. The van der Waals surface area contributed by atoms with Gasteiger partial charge in [0.2, 0.25) is 0 Å². The van der Waals surface area contributed by atoms with Gasteiger partial charge in [0.1, 0.15) is 17.0 Å². The van der Waals surface area contributed by atoms with Gasteiger partial charge in [0.15, 0.2) is 0 Å². The molecule has 6 heteroatoms. The summed E-state index contributed by atoms with van der Waals surface area (Å²) in [5.41, 5.74) is 9.74. The van der Waals surface area contributed by atoms with Crippen LogP contribution < -0.4 is 5.73 Å². The summed E-state index contributed by atoms with van der Waals surface area (Å²) in [5, 5.41) is 2.90. The number of halogens is 1. The first-order valence-corrected chi connectivity index (χ1v) is 8.26. The van der Waals surface area contributed by atoms with Crippen LogP contribution >= 0.6 is 11.3 Å². The molecule has 2 N–H and O–H groups in total. The second kappa shape index (κ2) is 6.07. The number of nitrogens with zero attached hydrogens (tertiary/aromatic N) is 3. The third-order valence-corrected chi connectivity index (χ3v) is 4.74. The number of pyridine rings is 1. The molecule has 0 aliphatic rings. The van der Waals surface area contributed by atoms with Crippen LogP contribution in [0.15, 0.2) is 60.4 Å². The van der Waals surface area contributed by atoms with E-state index in [1.54, 1.807) is 18.3 Å². The number of fused-ring (bicyclic) bond motifs is 1. The summed E-state index contributed by atoms with van der Waals surface area (Å²) in [4.78, 5) is 13.9. The lowest BCUT2D eigenvalue weighted by Crippen LogP contribution is -2.15. The summed E-state index contributed by atoms with van der Waals surface area (Å²) in [6.07, 6.45) is 3.23. The van der Waals surface area contributed by atoms with E-state index in [-0.39, 0.29) is 5.82 Å². The van der Waals surface area contributed by atoms with Gasteiger partial charge in [0, 0.05) is 22.5 Å². The molecule has 0 fully saturated rings. The van der Waals surface area contributed by atoms with Crippen molar-refractivity contribution in [3.05, 3.63) is 77.6 Å². The van der Waals surface area contributed by atoms with Crippen molar-refractivity contribution in [2.45, 2.75) is 6.04 Å². The summed E-state index contributed by atoms with van der Waals surface area (Å²) in [7, 11) is 0. The van der Waals surface area contributed by atoms with Crippen LogP contribution in [0.25, 0.3) is 21.3 Å². The number of aromatic nitrogens is 3. The molecule has 0 spiro atoms. The molecule has 0 bridgehead atoms. The zero-order valence-corrected chi connectivity index (χ0v) is 13.4. The van der Waals surface area contributed by atoms with Crippen LogP contribution in [-0.2, 0) is 0 Å². The van der Waals surface area contributed by atoms with Gasteiger partial charge in [-0.05, 0) is 29.8 Å². The predicted octanol–water partition coefficient (Wildman–Crippen LogP) is 3.94. The molecule has 24 heavy (non-hydrogen) atoms. The fraction of sp³-hybridized carbons (Fsp3) is 0.0556. The van der Waals surface area contributed by atoms with Crippen LogP contribution in [-0.4, -0.2) is 15.0 Å². The lowest BCUT2D eigenvalue weighted by atomic mass is 10.0. The molecule has 0 saturated heterocycles. The lowest BCUT2D eigenvalue weighted by Gasteiger charge is -2.12. The fourth-order valence-corrected chi connectivity index (χ4v) is 3.60. The van der Waals surface area contributed by atoms with Crippen LogP contribution in [0.2, 0.25) is 0 Å². The van der Waals surface area contributed by atoms with Crippen LogP contribution in [0.4, 0.5) is 4.39 Å². The molecular formula is C18H13FN4S. The van der Waals surface area contributed by atoms with E-state index in [4.69, 9.17) is 5.73 Å². The van der Waals surface area contributed by atoms with Crippen LogP contribution in [0.3, 0.4) is 0 Å². The minimum Gasteiger partial charge on any atom is -0.318 e. The van der Waals surface area contributed by atoms with Crippen molar-refractivity contribution in [3.63, 3.8) is 0 Å². The van der Waals surface area contributed by atoms with E-state index in [1.807, 2.05) is 23.6 Å². The summed E-state index contributed by atoms with van der Waals surface area (Å²) in [6.45, 7) is 0. The molecule has 0 amide bonds. The average Bonchev–Trinajstić information content (AvgIpc) is 3.07. The SMILES string of the molecule is NC(c1ccccn1)c1ncnc2scc(-c3ccc(F)cc3)c12. The second-order valence-electron chi connectivity index (χ2n) is 5.33. The first-order valence-electron chi connectivity index (χ1n) is 7.38. The largest absolute Gasteiger partial charge is 0.318 e. The Bertz CT molecular complexity index is 983. The van der Waals surface area contributed by atoms with Gasteiger partial charge in [0.05, 0.1) is 17.4 Å². The van der Waals surface area contributed by atoms with Gasteiger partial charge < -0.3 is 5.73 Å². The Hall–Kier alpha value is -2.70. The van der Waals surface area contributed by atoms with E-state index in [0.29, 0.717) is 0 Å². The Balaban J connectivity index is 1.90. The Morgan fingerprint density at radius 2 is 1.83 bits per heavy atom. The predicted molar refractivity (Wildman–Crippen MR) is 93.1 cm³/mol. The van der Waals surface area contributed by atoms with Gasteiger partial charge in [-0.15, -0.1) is 11.3 Å². The van der Waals surface area contributed by atoms with Gasteiger partial charge in [-0.1, -0.05) is 18.2 Å². The Morgan fingerprint density at radius 1 is 1.00 bits per heavy atom. The number of rotatable bonds is 3. The van der Waals surface area contributed by atoms with E-state index in [9.17, 15) is 4.39 Å². The Labute approximate surface area is 141 Å². The van der Waals surface area contributed by atoms with Crippen molar-refractivity contribution in [2.75, 3.05) is 0 Å². The molecule has 3 heterocycles. The molecule has 0 saturated carbocycles. The smallest absolute Gasteiger partial charge is 0.127 e. The molecule has 4 aromatic rings. The van der Waals surface area contributed by atoms with Gasteiger partial charge in [-0.3, -0.25) is 4.98 Å². The monoisotopic (exact) mass is 336 g/mol. The van der Waals surface area contributed by atoms with Crippen molar-refractivity contribution in [1.29, 1.82) is 0 Å². The highest BCUT2D eigenvalue weighted by Crippen LogP contribution is 2.36. The van der Waals surface area contributed by atoms with Gasteiger partial charge >= 0.3 is 0 Å². The first kappa shape index (κ1) is 14.9. The third-order valence-electron chi connectivity index (χ3n) is 3.86. The fourth-order valence-electron chi connectivity index (χ4n) is 2.68. The lowest BCUT2D eigenvalue weighted by molar-refractivity contribution is 0.628. The maximum atomic E-state index is 13.2. The molecule has 4 nitrogen and oxygen atoms in total. The molecular weight excluding hydrogens is 323 g/mol. The van der Waals surface area contributed by atoms with E-state index >= 15 is 0 Å². The summed E-state index contributed by atoms with van der Waals surface area (Å²) >= 11 is 1.52. The van der Waals surface area contributed by atoms with Crippen molar-refractivity contribution >= 4 is 21.6 Å². The van der Waals surface area contributed by atoms with Crippen molar-refractivity contribution in [3.8, 4) is 11.1 Å². The molecule has 1 atom stereocenters. The number of benzene rings is 1. The van der Waals surface area contributed by atoms with Gasteiger partial charge in [-0.2, -0.15) is 0 Å². The Morgan fingerprint density at radius 3 is 2.58 bits per heavy atom. The van der Waals surface area contributed by atoms with Crippen molar-refractivity contribution in [2.24, 2.45) is 5.73 Å². The third kappa shape index (κ3) is 2.55. The minimum absolute atomic E-state index is 0.264. The zero-order valence-electron chi connectivity index (χ0n) is 12.6. The molecule has 4 rings (SSSR count). The van der Waals surface area contributed by atoms with Crippen molar-refractivity contribution < 1.29 is 4.39 Å². The maximum absolute atomic E-state index is 13.2. The van der Waals surface area contributed by atoms with Gasteiger partial charge in [-0.25, -0.2) is 14.4 Å². The van der Waals surface area contributed by atoms with Gasteiger partial charge in [0.25, 0.3) is 0 Å². The van der Waals surface area contributed by atoms with E-state index < -0.39 is 6.04 Å². The standard InChI is InChI=1S/C18H13FN4S/c19-12-6-4-11(5-7-12)13-9-24-18-15(13)17(22-10-23-18)16(20)14-3-1-2-8-21-14/h1-10,16H,20H2. The number of hydrogen-bond donors (Lipinski definition) is 1. The minimum atomic E-state index is -0.453. The molecule has 0 radical (unpaired) electrons. The number of thiophene rings is 1. The molecule has 1 unspecified atom stereocenters. The summed E-state index contributed by atoms with van der Waals surface area (Å²) in [5.74, 6) is -0.264. The highest BCUT2D eigenvalue weighted by molar-refractivity contribution is 7.17.